The third-order valence-electron chi connectivity index (χ3n) is 5.74. The SMILES string of the molecule is Cc1c(C(N)=O)cccc1-c1cn(C)c(=O)c(Nc2ccc([N+]3([O-])CCSCC3)cc2)n1. The Hall–Kier alpha value is -3.14. The molecular weight excluding hydrogens is 426 g/mol. The summed E-state index contributed by atoms with van der Waals surface area (Å²) in [7, 11) is 1.65. The van der Waals surface area contributed by atoms with Crippen molar-refractivity contribution in [2.45, 2.75) is 6.92 Å². The largest absolute Gasteiger partial charge is 0.627 e. The lowest BCUT2D eigenvalue weighted by Crippen LogP contribution is -2.49. The number of aromatic nitrogens is 2. The number of nitrogens with zero attached hydrogens (tertiary/aromatic N) is 3. The van der Waals surface area contributed by atoms with Crippen molar-refractivity contribution in [3.05, 3.63) is 75.3 Å². The van der Waals surface area contributed by atoms with E-state index in [2.05, 4.69) is 10.3 Å². The van der Waals surface area contributed by atoms with Gasteiger partial charge in [0.15, 0.2) is 5.82 Å². The van der Waals surface area contributed by atoms with Gasteiger partial charge < -0.3 is 25.5 Å². The van der Waals surface area contributed by atoms with Crippen LogP contribution in [0.25, 0.3) is 11.3 Å². The molecule has 1 fully saturated rings. The molecule has 0 unspecified atom stereocenters. The van der Waals surface area contributed by atoms with Crippen LogP contribution in [0.15, 0.2) is 53.5 Å². The zero-order valence-corrected chi connectivity index (χ0v) is 18.8. The minimum absolute atomic E-state index is 0.155. The van der Waals surface area contributed by atoms with E-state index in [0.717, 1.165) is 17.1 Å². The van der Waals surface area contributed by atoms with Crippen LogP contribution in [0.1, 0.15) is 15.9 Å². The zero-order valence-electron chi connectivity index (χ0n) is 18.0. The number of hydroxylamine groups is 2. The number of quaternary nitrogens is 1. The van der Waals surface area contributed by atoms with Gasteiger partial charge in [0, 0.05) is 53.7 Å². The predicted molar refractivity (Wildman–Crippen MR) is 130 cm³/mol. The number of hydrogen-bond donors (Lipinski definition) is 2. The Bertz CT molecular complexity index is 1220. The number of nitrogens with two attached hydrogens (primary N) is 1. The number of carbonyl (C=O) groups is 1. The van der Waals surface area contributed by atoms with Crippen molar-refractivity contribution >= 4 is 34.9 Å². The predicted octanol–water partition coefficient (Wildman–Crippen LogP) is 3.15. The van der Waals surface area contributed by atoms with Crippen LogP contribution in [0, 0.1) is 12.1 Å². The Kier molecular flexibility index (Phi) is 6.05. The van der Waals surface area contributed by atoms with Crippen molar-refractivity contribution in [3.63, 3.8) is 0 Å². The lowest BCUT2D eigenvalue weighted by molar-refractivity contribution is 0.0999. The van der Waals surface area contributed by atoms with Crippen LogP contribution in [-0.2, 0) is 7.05 Å². The molecule has 3 N–H and O–H groups in total. The first kappa shape index (κ1) is 22.1. The highest BCUT2D eigenvalue weighted by Gasteiger charge is 2.23. The van der Waals surface area contributed by atoms with Crippen molar-refractivity contribution in [1.29, 1.82) is 0 Å². The minimum Gasteiger partial charge on any atom is -0.627 e. The van der Waals surface area contributed by atoms with Crippen LogP contribution in [0.5, 0.6) is 0 Å². The van der Waals surface area contributed by atoms with Gasteiger partial charge in [0.25, 0.3) is 5.56 Å². The highest BCUT2D eigenvalue weighted by molar-refractivity contribution is 7.99. The van der Waals surface area contributed by atoms with Crippen molar-refractivity contribution in [1.82, 2.24) is 14.2 Å². The molecule has 2 aromatic carbocycles. The smallest absolute Gasteiger partial charge is 0.293 e. The number of anilines is 2. The van der Waals surface area contributed by atoms with Crippen LogP contribution in [0.4, 0.5) is 17.2 Å². The number of nitrogens with one attached hydrogen (secondary N) is 1. The van der Waals surface area contributed by atoms with Crippen LogP contribution in [-0.4, -0.2) is 40.1 Å². The van der Waals surface area contributed by atoms with E-state index in [1.807, 2.05) is 6.07 Å². The summed E-state index contributed by atoms with van der Waals surface area (Å²) in [6, 6.07) is 12.4. The van der Waals surface area contributed by atoms with Crippen molar-refractivity contribution in [3.8, 4) is 11.3 Å². The summed E-state index contributed by atoms with van der Waals surface area (Å²) >= 11 is 1.80. The van der Waals surface area contributed by atoms with Gasteiger partial charge in [-0.25, -0.2) is 4.98 Å². The van der Waals surface area contributed by atoms with Gasteiger partial charge in [-0.15, -0.1) is 0 Å². The maximum atomic E-state index is 13.0. The first-order valence-electron chi connectivity index (χ1n) is 10.3. The Morgan fingerprint density at radius 1 is 1.19 bits per heavy atom. The molecule has 4 rings (SSSR count). The average Bonchev–Trinajstić information content (AvgIpc) is 2.77. The van der Waals surface area contributed by atoms with Crippen molar-refractivity contribution in [2.75, 3.05) is 29.9 Å². The Labute approximate surface area is 190 Å². The molecule has 0 spiro atoms. The van der Waals surface area contributed by atoms with Crippen LogP contribution in [0.3, 0.4) is 0 Å². The average molecular weight is 452 g/mol. The van der Waals surface area contributed by atoms with Gasteiger partial charge in [-0.2, -0.15) is 11.8 Å². The standard InChI is InChI=1S/C23H25N5O3S/c1-15-18(4-3-5-19(15)21(24)29)20-14-27(2)23(30)22(26-20)25-16-6-8-17(9-7-16)28(31)10-12-32-13-11-28/h3-9,14H,10-13H2,1-2H3,(H2,24,29)(H,25,26). The number of thioether (sulfide) groups is 1. The molecule has 2 heterocycles. The van der Waals surface area contributed by atoms with Crippen LogP contribution < -0.4 is 21.3 Å². The summed E-state index contributed by atoms with van der Waals surface area (Å²) in [5.41, 5.74) is 8.93. The van der Waals surface area contributed by atoms with Crippen molar-refractivity contribution < 1.29 is 4.79 Å². The molecular formula is C23H25N5O3S. The summed E-state index contributed by atoms with van der Waals surface area (Å²) in [5.74, 6) is 1.35. The number of benzene rings is 2. The molecule has 32 heavy (non-hydrogen) atoms. The quantitative estimate of drug-likeness (QED) is 0.455. The molecule has 1 amide bonds. The molecule has 3 aromatic rings. The fourth-order valence-electron chi connectivity index (χ4n) is 3.85. The third kappa shape index (κ3) is 4.27. The molecule has 8 nitrogen and oxygen atoms in total. The van der Waals surface area contributed by atoms with Gasteiger partial charge in [0.2, 0.25) is 5.91 Å². The number of amides is 1. The van der Waals surface area contributed by atoms with Gasteiger partial charge in [0.05, 0.1) is 18.8 Å². The molecule has 0 atom stereocenters. The van der Waals surface area contributed by atoms with Gasteiger partial charge in [0.1, 0.15) is 5.69 Å². The summed E-state index contributed by atoms with van der Waals surface area (Å²) in [4.78, 5) is 28.9. The lowest BCUT2D eigenvalue weighted by Gasteiger charge is -2.44. The molecule has 9 heteroatoms. The fourth-order valence-corrected chi connectivity index (χ4v) is 4.90. The fraction of sp³-hybridized carbons (Fsp3) is 0.261. The van der Waals surface area contributed by atoms with Crippen LogP contribution >= 0.6 is 11.8 Å². The van der Waals surface area contributed by atoms with E-state index in [1.165, 1.54) is 4.57 Å². The monoisotopic (exact) mass is 451 g/mol. The number of rotatable bonds is 5. The highest BCUT2D eigenvalue weighted by atomic mass is 32.2. The summed E-state index contributed by atoms with van der Waals surface area (Å²) in [5, 5.41) is 16.1. The molecule has 0 aliphatic carbocycles. The summed E-state index contributed by atoms with van der Waals surface area (Å²) < 4.78 is 1.12. The number of hydrogen-bond acceptors (Lipinski definition) is 6. The van der Waals surface area contributed by atoms with Gasteiger partial charge >= 0.3 is 0 Å². The van der Waals surface area contributed by atoms with Gasteiger partial charge in [-0.3, -0.25) is 9.59 Å². The maximum Gasteiger partial charge on any atom is 0.293 e. The second-order valence-electron chi connectivity index (χ2n) is 7.85. The second kappa shape index (κ2) is 8.78. The molecule has 0 bridgehead atoms. The molecule has 0 radical (unpaired) electrons. The molecule has 1 aliphatic rings. The molecule has 1 saturated heterocycles. The maximum absolute atomic E-state index is 13.0. The first-order valence-corrected chi connectivity index (χ1v) is 11.4. The second-order valence-corrected chi connectivity index (χ2v) is 9.08. The molecule has 1 aromatic heterocycles. The zero-order chi connectivity index (χ0) is 22.9. The van der Waals surface area contributed by atoms with E-state index < -0.39 is 5.91 Å². The Morgan fingerprint density at radius 2 is 1.88 bits per heavy atom. The number of primary amides is 1. The van der Waals surface area contributed by atoms with Crippen molar-refractivity contribution in [2.24, 2.45) is 12.8 Å². The van der Waals surface area contributed by atoms with Gasteiger partial charge in [-0.1, -0.05) is 12.1 Å². The topological polar surface area (TPSA) is 113 Å². The van der Waals surface area contributed by atoms with E-state index in [0.29, 0.717) is 41.3 Å². The molecule has 0 saturated carbocycles. The Morgan fingerprint density at radius 3 is 2.53 bits per heavy atom. The minimum atomic E-state index is -0.515. The first-order chi connectivity index (χ1) is 15.3. The van der Waals surface area contributed by atoms with E-state index in [9.17, 15) is 14.8 Å². The lowest BCUT2D eigenvalue weighted by atomic mass is 10.00. The van der Waals surface area contributed by atoms with Crippen LogP contribution in [0.2, 0.25) is 0 Å². The summed E-state index contributed by atoms with van der Waals surface area (Å²) in [6.45, 7) is 2.92. The molecule has 166 valence electrons. The van der Waals surface area contributed by atoms with Gasteiger partial charge in [-0.05, 0) is 30.7 Å². The number of aryl methyl sites for hydroxylation is 1. The van der Waals surface area contributed by atoms with E-state index in [1.54, 1.807) is 68.3 Å². The number of carbonyl (C=O) groups excluding carboxylic acids is 1. The summed E-state index contributed by atoms with van der Waals surface area (Å²) in [6.07, 6.45) is 1.63. The molecule has 1 aliphatic heterocycles. The van der Waals surface area contributed by atoms with E-state index >= 15 is 0 Å². The Balaban J connectivity index is 1.65. The highest BCUT2D eigenvalue weighted by Crippen LogP contribution is 2.29. The van der Waals surface area contributed by atoms with E-state index in [-0.39, 0.29) is 16.0 Å². The third-order valence-corrected chi connectivity index (χ3v) is 6.68. The normalized spacial score (nSPS) is 15.3. The van der Waals surface area contributed by atoms with E-state index in [4.69, 9.17) is 5.73 Å².